The Morgan fingerprint density at radius 2 is 2.35 bits per heavy atom. The molecule has 0 saturated carbocycles. The molecule has 1 aliphatic rings. The molecule has 2 aromatic heterocycles. The molecule has 2 N–H and O–H groups in total. The Kier molecular flexibility index (Phi) is 4.39. The van der Waals surface area contributed by atoms with Gasteiger partial charge in [0.25, 0.3) is 0 Å². The Balaban J connectivity index is 1.62. The lowest BCUT2D eigenvalue weighted by atomic mass is 10.2. The molecular weight excluding hydrogens is 300 g/mol. The fourth-order valence-corrected chi connectivity index (χ4v) is 2.50. The summed E-state index contributed by atoms with van der Waals surface area (Å²) >= 11 is 0. The van der Waals surface area contributed by atoms with Gasteiger partial charge in [-0.05, 0) is 20.8 Å². The SMILES string of the molecule is Cc1cc(NC(=O)[C@@H](C)N2CCO[C@H](c3n[nH]c(C)n3)C2)on1. The number of ether oxygens (including phenoxy) is 1. The number of nitrogens with one attached hydrogen (secondary N) is 2. The maximum Gasteiger partial charge on any atom is 0.243 e. The summed E-state index contributed by atoms with van der Waals surface area (Å²) in [5, 5.41) is 13.4. The van der Waals surface area contributed by atoms with E-state index in [-0.39, 0.29) is 18.1 Å². The normalized spacial score (nSPS) is 20.4. The summed E-state index contributed by atoms with van der Waals surface area (Å²) < 4.78 is 10.7. The van der Waals surface area contributed by atoms with E-state index in [9.17, 15) is 4.79 Å². The molecule has 3 rings (SSSR count). The second-order valence-electron chi connectivity index (χ2n) is 5.63. The van der Waals surface area contributed by atoms with Gasteiger partial charge in [-0.15, -0.1) is 0 Å². The van der Waals surface area contributed by atoms with Crippen LogP contribution < -0.4 is 5.32 Å². The van der Waals surface area contributed by atoms with E-state index in [2.05, 4.69) is 25.7 Å². The first kappa shape index (κ1) is 15.6. The molecular formula is C14H20N6O3. The zero-order valence-electron chi connectivity index (χ0n) is 13.4. The van der Waals surface area contributed by atoms with Crippen molar-refractivity contribution in [3.05, 3.63) is 23.4 Å². The molecule has 0 bridgehead atoms. The average molecular weight is 320 g/mol. The molecule has 3 heterocycles. The molecule has 2 atom stereocenters. The molecule has 0 spiro atoms. The van der Waals surface area contributed by atoms with Crippen LogP contribution in [-0.4, -0.2) is 56.9 Å². The van der Waals surface area contributed by atoms with Crippen LogP contribution in [0.5, 0.6) is 0 Å². The predicted molar refractivity (Wildman–Crippen MR) is 80.7 cm³/mol. The van der Waals surface area contributed by atoms with Crippen LogP contribution in [0.3, 0.4) is 0 Å². The van der Waals surface area contributed by atoms with Gasteiger partial charge in [0.1, 0.15) is 11.9 Å². The molecule has 9 nitrogen and oxygen atoms in total. The van der Waals surface area contributed by atoms with Gasteiger partial charge in [0.2, 0.25) is 11.8 Å². The van der Waals surface area contributed by atoms with Crippen LogP contribution in [0.1, 0.15) is 30.4 Å². The number of carbonyl (C=O) groups is 1. The van der Waals surface area contributed by atoms with Crippen LogP contribution >= 0.6 is 0 Å². The quantitative estimate of drug-likeness (QED) is 0.858. The maximum atomic E-state index is 12.3. The number of nitrogens with zero attached hydrogens (tertiary/aromatic N) is 4. The van der Waals surface area contributed by atoms with Crippen molar-refractivity contribution in [1.29, 1.82) is 0 Å². The van der Waals surface area contributed by atoms with Crippen LogP contribution in [0.15, 0.2) is 10.6 Å². The van der Waals surface area contributed by atoms with E-state index in [4.69, 9.17) is 9.26 Å². The summed E-state index contributed by atoms with van der Waals surface area (Å²) in [6.07, 6.45) is -0.239. The van der Waals surface area contributed by atoms with E-state index in [1.165, 1.54) is 0 Å². The lowest BCUT2D eigenvalue weighted by molar-refractivity contribution is -0.124. The topological polar surface area (TPSA) is 109 Å². The second-order valence-corrected chi connectivity index (χ2v) is 5.63. The van der Waals surface area contributed by atoms with Crippen LogP contribution in [0.2, 0.25) is 0 Å². The van der Waals surface area contributed by atoms with Gasteiger partial charge in [0.05, 0.1) is 18.3 Å². The molecule has 0 radical (unpaired) electrons. The molecule has 23 heavy (non-hydrogen) atoms. The van der Waals surface area contributed by atoms with Crippen molar-refractivity contribution in [2.75, 3.05) is 25.0 Å². The number of aromatic amines is 1. The van der Waals surface area contributed by atoms with Gasteiger partial charge < -0.3 is 9.26 Å². The van der Waals surface area contributed by atoms with Gasteiger partial charge in [-0.3, -0.25) is 20.1 Å². The number of hydrogen-bond acceptors (Lipinski definition) is 7. The number of H-pyrrole nitrogens is 1. The molecule has 0 unspecified atom stereocenters. The molecule has 1 saturated heterocycles. The zero-order valence-corrected chi connectivity index (χ0v) is 13.4. The summed E-state index contributed by atoms with van der Waals surface area (Å²) in [5.41, 5.74) is 0.722. The molecule has 0 aliphatic carbocycles. The van der Waals surface area contributed by atoms with Crippen molar-refractivity contribution >= 4 is 11.8 Å². The molecule has 124 valence electrons. The van der Waals surface area contributed by atoms with E-state index in [1.54, 1.807) is 13.0 Å². The van der Waals surface area contributed by atoms with E-state index in [0.717, 1.165) is 11.5 Å². The fourth-order valence-electron chi connectivity index (χ4n) is 2.50. The minimum absolute atomic E-state index is 0.145. The molecule has 1 fully saturated rings. The highest BCUT2D eigenvalue weighted by Crippen LogP contribution is 2.21. The van der Waals surface area contributed by atoms with Gasteiger partial charge >= 0.3 is 0 Å². The third-order valence-electron chi connectivity index (χ3n) is 3.80. The average Bonchev–Trinajstić information content (AvgIpc) is 3.15. The monoisotopic (exact) mass is 320 g/mol. The Labute approximate surface area is 133 Å². The van der Waals surface area contributed by atoms with Gasteiger partial charge in [0.15, 0.2) is 5.82 Å². The standard InChI is InChI=1S/C14H20N6O3/c1-8-6-12(23-19-8)16-14(21)9(2)20-4-5-22-11(7-20)13-15-10(3)17-18-13/h6,9,11H,4-5,7H2,1-3H3,(H,16,21)(H,15,17,18)/t9-,11+/m1/s1. The Morgan fingerprint density at radius 1 is 1.52 bits per heavy atom. The number of aryl methyl sites for hydroxylation is 2. The minimum atomic E-state index is -0.327. The summed E-state index contributed by atoms with van der Waals surface area (Å²) in [6.45, 7) is 7.24. The van der Waals surface area contributed by atoms with Crippen molar-refractivity contribution < 1.29 is 14.1 Å². The number of aromatic nitrogens is 4. The number of carbonyl (C=O) groups excluding carboxylic acids is 1. The first-order valence-corrected chi connectivity index (χ1v) is 7.51. The summed E-state index contributed by atoms with van der Waals surface area (Å²) in [6, 6.07) is 1.36. The molecule has 9 heteroatoms. The Hall–Kier alpha value is -2.26. The Morgan fingerprint density at radius 3 is 3.00 bits per heavy atom. The van der Waals surface area contributed by atoms with Gasteiger partial charge in [-0.25, -0.2) is 4.98 Å². The van der Waals surface area contributed by atoms with Crippen molar-refractivity contribution in [2.45, 2.75) is 32.9 Å². The van der Waals surface area contributed by atoms with Crippen LogP contribution in [-0.2, 0) is 9.53 Å². The predicted octanol–water partition coefficient (Wildman–Crippen LogP) is 0.810. The van der Waals surface area contributed by atoms with E-state index in [1.807, 2.05) is 18.7 Å². The smallest absolute Gasteiger partial charge is 0.243 e. The van der Waals surface area contributed by atoms with E-state index >= 15 is 0 Å². The summed E-state index contributed by atoms with van der Waals surface area (Å²) in [5.74, 6) is 1.57. The molecule has 1 amide bonds. The highest BCUT2D eigenvalue weighted by atomic mass is 16.5. The lowest BCUT2D eigenvalue weighted by Crippen LogP contribution is -2.48. The minimum Gasteiger partial charge on any atom is -0.367 e. The highest BCUT2D eigenvalue weighted by molar-refractivity contribution is 5.93. The number of morpholine rings is 1. The van der Waals surface area contributed by atoms with Gasteiger partial charge in [-0.2, -0.15) is 5.10 Å². The van der Waals surface area contributed by atoms with E-state index < -0.39 is 0 Å². The van der Waals surface area contributed by atoms with Crippen LogP contribution in [0.4, 0.5) is 5.88 Å². The van der Waals surface area contributed by atoms with Gasteiger partial charge in [0, 0.05) is 19.2 Å². The summed E-state index contributed by atoms with van der Waals surface area (Å²) in [4.78, 5) is 18.7. The first-order chi connectivity index (χ1) is 11.0. The van der Waals surface area contributed by atoms with Crippen LogP contribution in [0.25, 0.3) is 0 Å². The summed E-state index contributed by atoms with van der Waals surface area (Å²) in [7, 11) is 0. The number of anilines is 1. The van der Waals surface area contributed by atoms with E-state index in [0.29, 0.717) is 31.4 Å². The second kappa shape index (κ2) is 6.47. The van der Waals surface area contributed by atoms with Crippen molar-refractivity contribution in [1.82, 2.24) is 25.2 Å². The Bertz CT molecular complexity index is 682. The molecule has 1 aliphatic heterocycles. The third kappa shape index (κ3) is 3.57. The zero-order chi connectivity index (χ0) is 16.4. The molecule has 0 aromatic carbocycles. The fraction of sp³-hybridized carbons (Fsp3) is 0.571. The lowest BCUT2D eigenvalue weighted by Gasteiger charge is -2.34. The maximum absolute atomic E-state index is 12.3. The number of amides is 1. The van der Waals surface area contributed by atoms with Crippen LogP contribution in [0, 0.1) is 13.8 Å². The van der Waals surface area contributed by atoms with Gasteiger partial charge in [-0.1, -0.05) is 5.16 Å². The third-order valence-corrected chi connectivity index (χ3v) is 3.80. The first-order valence-electron chi connectivity index (χ1n) is 7.51. The largest absolute Gasteiger partial charge is 0.367 e. The van der Waals surface area contributed by atoms with Crippen molar-refractivity contribution in [2.24, 2.45) is 0 Å². The highest BCUT2D eigenvalue weighted by Gasteiger charge is 2.30. The van der Waals surface area contributed by atoms with Crippen molar-refractivity contribution in [3.8, 4) is 0 Å². The molecule has 2 aromatic rings. The number of rotatable bonds is 4. The number of hydrogen-bond donors (Lipinski definition) is 2. The van der Waals surface area contributed by atoms with Crippen molar-refractivity contribution in [3.63, 3.8) is 0 Å².